The van der Waals surface area contributed by atoms with Gasteiger partial charge in [-0.15, -0.1) is 0 Å². The Balaban J connectivity index is 2.73. The van der Waals surface area contributed by atoms with Crippen LogP contribution >= 0.6 is 0 Å². The first-order chi connectivity index (χ1) is 11.1. The number of amides is 3. The normalized spacial score (nSPS) is 21.0. The predicted molar refractivity (Wildman–Crippen MR) is 82.4 cm³/mol. The van der Waals surface area contributed by atoms with Gasteiger partial charge in [0.2, 0.25) is 17.7 Å². The molecule has 4 atom stereocenters. The number of carboxylic acids is 1. The number of hydrogen-bond donors (Lipinski definition) is 5. The summed E-state index contributed by atoms with van der Waals surface area (Å²) >= 11 is 0. The summed E-state index contributed by atoms with van der Waals surface area (Å²) in [7, 11) is 0. The molecule has 1 rings (SSSR count). The number of aliphatic hydroxyl groups excluding tert-OH is 1. The Morgan fingerprint density at radius 3 is 2.46 bits per heavy atom. The van der Waals surface area contributed by atoms with Crippen LogP contribution in [0.25, 0.3) is 0 Å². The van der Waals surface area contributed by atoms with Gasteiger partial charge >= 0.3 is 5.97 Å². The van der Waals surface area contributed by atoms with Crippen LogP contribution in [0.15, 0.2) is 0 Å². The van der Waals surface area contributed by atoms with Crippen molar-refractivity contribution in [2.45, 2.75) is 56.8 Å². The van der Waals surface area contributed by atoms with Crippen LogP contribution in [0.1, 0.15) is 32.6 Å². The molecule has 0 aliphatic carbocycles. The molecule has 0 aromatic carbocycles. The van der Waals surface area contributed by atoms with Crippen molar-refractivity contribution in [3.8, 4) is 0 Å². The number of carbonyl (C=O) groups is 4. The third-order valence-corrected chi connectivity index (χ3v) is 3.90. The second-order valence-electron chi connectivity index (χ2n) is 5.87. The van der Waals surface area contributed by atoms with Gasteiger partial charge in [0.15, 0.2) is 6.04 Å². The fourth-order valence-corrected chi connectivity index (χ4v) is 2.58. The Morgan fingerprint density at radius 2 is 1.96 bits per heavy atom. The van der Waals surface area contributed by atoms with Crippen LogP contribution in [-0.2, 0) is 19.2 Å². The molecule has 10 heteroatoms. The number of primary amides is 1. The van der Waals surface area contributed by atoms with E-state index < -0.39 is 47.9 Å². The third kappa shape index (κ3) is 5.17. The van der Waals surface area contributed by atoms with Crippen molar-refractivity contribution in [1.82, 2.24) is 10.2 Å². The number of hydrogen-bond acceptors (Lipinski definition) is 6. The van der Waals surface area contributed by atoms with E-state index >= 15 is 0 Å². The molecule has 24 heavy (non-hydrogen) atoms. The van der Waals surface area contributed by atoms with Crippen molar-refractivity contribution < 1.29 is 29.4 Å². The van der Waals surface area contributed by atoms with Crippen molar-refractivity contribution in [1.29, 1.82) is 0 Å². The molecule has 0 spiro atoms. The molecule has 0 aromatic heterocycles. The zero-order chi connectivity index (χ0) is 18.4. The van der Waals surface area contributed by atoms with E-state index in [0.717, 1.165) is 0 Å². The first-order valence-corrected chi connectivity index (χ1v) is 7.70. The lowest BCUT2D eigenvalue weighted by atomic mass is 10.1. The van der Waals surface area contributed by atoms with E-state index in [-0.39, 0.29) is 12.8 Å². The van der Waals surface area contributed by atoms with E-state index in [2.05, 4.69) is 5.32 Å². The lowest BCUT2D eigenvalue weighted by molar-refractivity contribution is -0.146. The lowest BCUT2D eigenvalue weighted by Crippen LogP contribution is -2.56. The van der Waals surface area contributed by atoms with E-state index in [4.69, 9.17) is 16.6 Å². The summed E-state index contributed by atoms with van der Waals surface area (Å²) in [6, 6.07) is -3.27. The second kappa shape index (κ2) is 8.60. The molecule has 3 amide bonds. The van der Waals surface area contributed by atoms with E-state index in [0.29, 0.717) is 19.4 Å². The maximum atomic E-state index is 12.3. The van der Waals surface area contributed by atoms with Gasteiger partial charge < -0.3 is 31.9 Å². The fourth-order valence-electron chi connectivity index (χ4n) is 2.58. The average molecular weight is 344 g/mol. The number of aliphatic hydroxyl groups is 1. The van der Waals surface area contributed by atoms with Crippen molar-refractivity contribution >= 4 is 23.7 Å². The molecule has 1 heterocycles. The fraction of sp³-hybridized carbons (Fsp3) is 0.714. The second-order valence-corrected chi connectivity index (χ2v) is 5.87. The first-order valence-electron chi connectivity index (χ1n) is 7.70. The molecule has 10 nitrogen and oxygen atoms in total. The first kappa shape index (κ1) is 19.8. The summed E-state index contributed by atoms with van der Waals surface area (Å²) in [5.74, 6) is -3.09. The van der Waals surface area contributed by atoms with Crippen LogP contribution in [0.5, 0.6) is 0 Å². The van der Waals surface area contributed by atoms with Gasteiger partial charge in [-0.2, -0.15) is 0 Å². The molecule has 1 aliphatic heterocycles. The summed E-state index contributed by atoms with van der Waals surface area (Å²) in [5.41, 5.74) is 10.8. The average Bonchev–Trinajstić information content (AvgIpc) is 2.97. The summed E-state index contributed by atoms with van der Waals surface area (Å²) in [4.78, 5) is 47.7. The van der Waals surface area contributed by atoms with E-state index in [9.17, 15) is 24.3 Å². The number of likely N-dealkylation sites (tertiary alicyclic amines) is 1. The quantitative estimate of drug-likeness (QED) is 0.324. The van der Waals surface area contributed by atoms with E-state index in [1.54, 1.807) is 0 Å². The molecule has 1 saturated heterocycles. The number of nitrogens with zero attached hydrogens (tertiary/aromatic N) is 1. The van der Waals surface area contributed by atoms with Crippen LogP contribution in [0.3, 0.4) is 0 Å². The highest BCUT2D eigenvalue weighted by Gasteiger charge is 2.38. The largest absolute Gasteiger partial charge is 0.480 e. The van der Waals surface area contributed by atoms with Crippen molar-refractivity contribution in [3.63, 3.8) is 0 Å². The van der Waals surface area contributed by atoms with Crippen molar-refractivity contribution in [3.05, 3.63) is 0 Å². The highest BCUT2D eigenvalue weighted by molar-refractivity contribution is 5.92. The molecular weight excluding hydrogens is 320 g/mol. The molecule has 0 saturated carbocycles. The van der Waals surface area contributed by atoms with Gasteiger partial charge in [0.05, 0.1) is 12.1 Å². The summed E-state index contributed by atoms with van der Waals surface area (Å²) < 4.78 is 0. The lowest BCUT2D eigenvalue weighted by Gasteiger charge is -2.28. The van der Waals surface area contributed by atoms with Crippen LogP contribution in [0.4, 0.5) is 0 Å². The van der Waals surface area contributed by atoms with Crippen molar-refractivity contribution in [2.24, 2.45) is 11.5 Å². The van der Waals surface area contributed by atoms with Gasteiger partial charge in [-0.3, -0.25) is 14.4 Å². The van der Waals surface area contributed by atoms with Crippen molar-refractivity contribution in [2.75, 3.05) is 6.54 Å². The maximum absolute atomic E-state index is 12.3. The van der Waals surface area contributed by atoms with E-state index in [1.807, 2.05) is 0 Å². The van der Waals surface area contributed by atoms with Gasteiger partial charge in [-0.25, -0.2) is 4.79 Å². The SMILES string of the molecule is C[C@@H](O)[C@H](NC(=O)[C@@H]1CCCN1C(=O)[C@@H](N)CCC(N)=O)C(=O)O. The zero-order valence-corrected chi connectivity index (χ0v) is 13.5. The van der Waals surface area contributed by atoms with Crippen LogP contribution in [0.2, 0.25) is 0 Å². The maximum Gasteiger partial charge on any atom is 0.328 e. The number of carbonyl (C=O) groups excluding carboxylic acids is 3. The zero-order valence-electron chi connectivity index (χ0n) is 13.5. The number of aliphatic carboxylic acids is 1. The molecule has 1 fully saturated rings. The van der Waals surface area contributed by atoms with Gasteiger partial charge in [0, 0.05) is 13.0 Å². The monoisotopic (exact) mass is 344 g/mol. The minimum absolute atomic E-state index is 0.0409. The van der Waals surface area contributed by atoms with Gasteiger partial charge in [-0.1, -0.05) is 0 Å². The molecule has 136 valence electrons. The minimum Gasteiger partial charge on any atom is -0.480 e. The van der Waals surface area contributed by atoms with E-state index in [1.165, 1.54) is 11.8 Å². The predicted octanol–water partition coefficient (Wildman–Crippen LogP) is -2.48. The molecule has 1 aliphatic rings. The third-order valence-electron chi connectivity index (χ3n) is 3.90. The van der Waals surface area contributed by atoms with Gasteiger partial charge in [0.25, 0.3) is 0 Å². The number of rotatable bonds is 8. The Bertz CT molecular complexity index is 509. The summed E-state index contributed by atoms with van der Waals surface area (Å²) in [5, 5.41) is 20.7. The minimum atomic E-state index is -1.46. The number of nitrogens with two attached hydrogens (primary N) is 2. The standard InChI is InChI=1S/C14H24N4O6/c1-7(19)11(14(23)24)17-12(21)9-3-2-6-18(9)13(22)8(15)4-5-10(16)20/h7-9,11,19H,2-6,15H2,1H3,(H2,16,20)(H,17,21)(H,23,24)/t7-,8+,9+,11+/m1/s1. The molecule has 0 radical (unpaired) electrons. The molecule has 0 aromatic rings. The van der Waals surface area contributed by atoms with Gasteiger partial charge in [0.1, 0.15) is 6.04 Å². The molecule has 0 bridgehead atoms. The molecular formula is C14H24N4O6. The summed E-state index contributed by atoms with van der Waals surface area (Å²) in [6.07, 6.45) is -0.314. The Morgan fingerprint density at radius 1 is 1.33 bits per heavy atom. The number of carboxylic acid groups (broad SMARTS) is 1. The topological polar surface area (TPSA) is 176 Å². The number of nitrogens with one attached hydrogen (secondary N) is 1. The Hall–Kier alpha value is -2.20. The van der Waals surface area contributed by atoms with Crippen LogP contribution < -0.4 is 16.8 Å². The Kier molecular flexibility index (Phi) is 7.11. The van der Waals surface area contributed by atoms with Crippen LogP contribution in [0, 0.1) is 0 Å². The highest BCUT2D eigenvalue weighted by Crippen LogP contribution is 2.19. The van der Waals surface area contributed by atoms with Crippen LogP contribution in [-0.4, -0.2) is 69.6 Å². The highest BCUT2D eigenvalue weighted by atomic mass is 16.4. The van der Waals surface area contributed by atoms with Gasteiger partial charge in [-0.05, 0) is 26.2 Å². The molecule has 7 N–H and O–H groups in total. The smallest absolute Gasteiger partial charge is 0.328 e. The summed E-state index contributed by atoms with van der Waals surface area (Å²) in [6.45, 7) is 1.56. The molecule has 0 unspecified atom stereocenters. The Labute approximate surface area is 139 Å².